The lowest BCUT2D eigenvalue weighted by Crippen LogP contribution is -2.48. The lowest BCUT2D eigenvalue weighted by atomic mass is 10.1. The van der Waals surface area contributed by atoms with Crippen LogP contribution in [0, 0.1) is 5.92 Å². The summed E-state index contributed by atoms with van der Waals surface area (Å²) < 4.78 is 0. The highest BCUT2D eigenvalue weighted by molar-refractivity contribution is 7.99. The molecule has 0 bridgehead atoms. The molecule has 1 unspecified atom stereocenters. The third-order valence-corrected chi connectivity index (χ3v) is 7.00. The van der Waals surface area contributed by atoms with Crippen LogP contribution in [0.25, 0.3) is 0 Å². The Kier molecular flexibility index (Phi) is 11.0. The van der Waals surface area contributed by atoms with Gasteiger partial charge in [0, 0.05) is 44.5 Å². The molecule has 0 spiro atoms. The van der Waals surface area contributed by atoms with E-state index in [4.69, 9.17) is 46.4 Å². The van der Waals surface area contributed by atoms with Crippen LogP contribution in [-0.4, -0.2) is 35.1 Å². The maximum atomic E-state index is 13.2. The first-order valence-electron chi connectivity index (χ1n) is 10.1. The molecule has 32 heavy (non-hydrogen) atoms. The number of thioether (sulfide) groups is 1. The van der Waals surface area contributed by atoms with Gasteiger partial charge >= 0.3 is 0 Å². The number of hydrogen-bond acceptors (Lipinski definition) is 3. The monoisotopic (exact) mass is 534 g/mol. The molecule has 4 nitrogen and oxygen atoms in total. The Morgan fingerprint density at radius 3 is 2.25 bits per heavy atom. The largest absolute Gasteiger partial charge is 0.354 e. The van der Waals surface area contributed by atoms with Crippen LogP contribution >= 0.6 is 58.2 Å². The second-order valence-electron chi connectivity index (χ2n) is 7.77. The van der Waals surface area contributed by atoms with Gasteiger partial charge in [0.2, 0.25) is 11.8 Å². The van der Waals surface area contributed by atoms with Crippen molar-refractivity contribution >= 4 is 70.0 Å². The van der Waals surface area contributed by atoms with E-state index in [0.29, 0.717) is 43.9 Å². The quantitative estimate of drug-likeness (QED) is 0.367. The van der Waals surface area contributed by atoms with E-state index in [1.807, 2.05) is 19.9 Å². The summed E-state index contributed by atoms with van der Waals surface area (Å²) in [6.07, 6.45) is 0. The highest BCUT2D eigenvalue weighted by atomic mass is 35.5. The summed E-state index contributed by atoms with van der Waals surface area (Å²) >= 11 is 26.2. The minimum absolute atomic E-state index is 0.135. The molecule has 0 aliphatic heterocycles. The van der Waals surface area contributed by atoms with Gasteiger partial charge in [0.15, 0.2) is 0 Å². The van der Waals surface area contributed by atoms with Gasteiger partial charge in [0.1, 0.15) is 6.04 Å². The Hall–Kier alpha value is -1.11. The van der Waals surface area contributed by atoms with Crippen molar-refractivity contribution in [3.63, 3.8) is 0 Å². The fourth-order valence-corrected chi connectivity index (χ4v) is 4.84. The van der Waals surface area contributed by atoms with E-state index < -0.39 is 6.04 Å². The van der Waals surface area contributed by atoms with Crippen molar-refractivity contribution in [3.05, 3.63) is 67.6 Å². The van der Waals surface area contributed by atoms with E-state index in [1.54, 1.807) is 37.3 Å². The minimum Gasteiger partial charge on any atom is -0.354 e. The Morgan fingerprint density at radius 2 is 1.66 bits per heavy atom. The Morgan fingerprint density at radius 1 is 1.00 bits per heavy atom. The topological polar surface area (TPSA) is 49.4 Å². The number of hydrogen-bond donors (Lipinski definition) is 1. The van der Waals surface area contributed by atoms with E-state index >= 15 is 0 Å². The molecular formula is C23H26Cl4N2O2S. The molecule has 1 atom stereocenters. The number of halogens is 4. The van der Waals surface area contributed by atoms with Gasteiger partial charge in [-0.3, -0.25) is 9.59 Å². The summed E-state index contributed by atoms with van der Waals surface area (Å²) in [5.74, 6) is 0.594. The van der Waals surface area contributed by atoms with Crippen molar-refractivity contribution in [1.82, 2.24) is 10.2 Å². The maximum Gasteiger partial charge on any atom is 0.242 e. The number of nitrogens with one attached hydrogen (secondary N) is 1. The van der Waals surface area contributed by atoms with Crippen molar-refractivity contribution < 1.29 is 9.59 Å². The molecule has 2 rings (SSSR count). The third kappa shape index (κ3) is 8.03. The van der Waals surface area contributed by atoms with Gasteiger partial charge in [0.05, 0.1) is 5.75 Å². The molecule has 0 aromatic heterocycles. The highest BCUT2D eigenvalue weighted by Crippen LogP contribution is 2.28. The Labute approximate surface area is 213 Å². The SMILES string of the molecule is CC(C)CNC(=O)C(C)N(Cc1c(Cl)cccc1Cl)C(=O)CSCc1ccc(Cl)cc1Cl. The molecule has 2 amide bonds. The number of nitrogens with zero attached hydrogens (tertiary/aromatic N) is 1. The summed E-state index contributed by atoms with van der Waals surface area (Å²) in [6.45, 7) is 6.39. The van der Waals surface area contributed by atoms with Gasteiger partial charge in [-0.15, -0.1) is 11.8 Å². The molecule has 0 radical (unpaired) electrons. The molecule has 0 heterocycles. The van der Waals surface area contributed by atoms with Gasteiger partial charge < -0.3 is 10.2 Å². The zero-order chi connectivity index (χ0) is 23.8. The Balaban J connectivity index is 2.14. The first-order valence-corrected chi connectivity index (χ1v) is 12.8. The van der Waals surface area contributed by atoms with Crippen LogP contribution in [-0.2, 0) is 21.9 Å². The summed E-state index contributed by atoms with van der Waals surface area (Å²) in [5, 5.41) is 4.90. The van der Waals surface area contributed by atoms with Crippen LogP contribution < -0.4 is 5.32 Å². The Bertz CT molecular complexity index is 935. The minimum atomic E-state index is -0.687. The summed E-state index contributed by atoms with van der Waals surface area (Å²) in [6, 6.07) is 9.76. The van der Waals surface area contributed by atoms with Crippen molar-refractivity contribution in [2.45, 2.75) is 39.1 Å². The molecule has 2 aromatic carbocycles. The maximum absolute atomic E-state index is 13.2. The summed E-state index contributed by atoms with van der Waals surface area (Å²) in [7, 11) is 0. The van der Waals surface area contributed by atoms with Crippen molar-refractivity contribution in [3.8, 4) is 0 Å². The van der Waals surface area contributed by atoms with E-state index in [-0.39, 0.29) is 24.1 Å². The van der Waals surface area contributed by atoms with Gasteiger partial charge in [0.25, 0.3) is 0 Å². The lowest BCUT2D eigenvalue weighted by molar-refractivity contribution is -0.138. The fraction of sp³-hybridized carbons (Fsp3) is 0.391. The number of amides is 2. The van der Waals surface area contributed by atoms with Crippen LogP contribution in [0.5, 0.6) is 0 Å². The molecule has 9 heteroatoms. The van der Waals surface area contributed by atoms with Gasteiger partial charge in [-0.1, -0.05) is 72.4 Å². The first-order chi connectivity index (χ1) is 15.1. The standard InChI is InChI=1S/C23H26Cl4N2O2S/c1-14(2)10-28-23(31)15(3)29(11-18-19(25)5-4-6-20(18)26)22(30)13-32-12-16-7-8-17(24)9-21(16)27/h4-9,14-15H,10-13H2,1-3H3,(H,28,31). The van der Waals surface area contributed by atoms with Crippen LogP contribution in [0.1, 0.15) is 31.9 Å². The molecule has 0 aliphatic rings. The van der Waals surface area contributed by atoms with Gasteiger partial charge in [-0.2, -0.15) is 0 Å². The van der Waals surface area contributed by atoms with Gasteiger partial charge in [-0.25, -0.2) is 0 Å². The molecular weight excluding hydrogens is 510 g/mol. The zero-order valence-corrected chi connectivity index (χ0v) is 22.0. The van der Waals surface area contributed by atoms with E-state index in [1.165, 1.54) is 16.7 Å². The molecule has 1 N–H and O–H groups in total. The number of carbonyl (C=O) groups excluding carboxylic acids is 2. The normalized spacial score (nSPS) is 12.0. The summed E-state index contributed by atoms with van der Waals surface area (Å²) in [5.41, 5.74) is 1.50. The smallest absolute Gasteiger partial charge is 0.242 e. The lowest BCUT2D eigenvalue weighted by Gasteiger charge is -2.29. The van der Waals surface area contributed by atoms with Crippen LogP contribution in [0.2, 0.25) is 20.1 Å². The molecule has 0 aliphatic carbocycles. The zero-order valence-electron chi connectivity index (χ0n) is 18.1. The second-order valence-corrected chi connectivity index (χ2v) is 10.4. The molecule has 0 saturated carbocycles. The van der Waals surface area contributed by atoms with E-state index in [0.717, 1.165) is 5.56 Å². The molecule has 174 valence electrons. The first kappa shape index (κ1) is 27.1. The number of benzene rings is 2. The van der Waals surface area contributed by atoms with Gasteiger partial charge in [-0.05, 0) is 42.7 Å². The van der Waals surface area contributed by atoms with Crippen LogP contribution in [0.15, 0.2) is 36.4 Å². The fourth-order valence-electron chi connectivity index (χ4n) is 2.86. The molecule has 0 fully saturated rings. The second kappa shape index (κ2) is 13.0. The number of rotatable bonds is 10. The third-order valence-electron chi connectivity index (χ3n) is 4.74. The van der Waals surface area contributed by atoms with Crippen molar-refractivity contribution in [1.29, 1.82) is 0 Å². The molecule has 2 aromatic rings. The average Bonchev–Trinajstić information content (AvgIpc) is 2.72. The highest BCUT2D eigenvalue weighted by Gasteiger charge is 2.27. The predicted octanol–water partition coefficient (Wildman–Crippen LogP) is 6.72. The van der Waals surface area contributed by atoms with Crippen LogP contribution in [0.4, 0.5) is 0 Å². The number of carbonyl (C=O) groups is 2. The van der Waals surface area contributed by atoms with Crippen molar-refractivity contribution in [2.75, 3.05) is 12.3 Å². The van der Waals surface area contributed by atoms with E-state index in [9.17, 15) is 9.59 Å². The summed E-state index contributed by atoms with van der Waals surface area (Å²) in [4.78, 5) is 27.4. The average molecular weight is 536 g/mol. The van der Waals surface area contributed by atoms with Crippen molar-refractivity contribution in [2.24, 2.45) is 5.92 Å². The van der Waals surface area contributed by atoms with E-state index in [2.05, 4.69) is 5.32 Å². The molecule has 0 saturated heterocycles. The predicted molar refractivity (Wildman–Crippen MR) is 137 cm³/mol. The van der Waals surface area contributed by atoms with Crippen LogP contribution in [0.3, 0.4) is 0 Å².